The summed E-state index contributed by atoms with van der Waals surface area (Å²) in [5, 5.41) is 0. The van der Waals surface area contributed by atoms with Crippen LogP contribution < -0.4 is 0 Å². The summed E-state index contributed by atoms with van der Waals surface area (Å²) in [5.74, 6) is 0. The van der Waals surface area contributed by atoms with E-state index in [9.17, 15) is 4.79 Å². The first-order valence-corrected chi connectivity index (χ1v) is 4.93. The fraction of sp³-hybridized carbons (Fsp3) is 0.900. The Morgan fingerprint density at radius 1 is 1.17 bits per heavy atom. The lowest BCUT2D eigenvalue weighted by Crippen LogP contribution is -2.20. The van der Waals surface area contributed by atoms with E-state index in [0.717, 1.165) is 19.1 Å². The molecule has 0 amide bonds. The van der Waals surface area contributed by atoms with Crippen LogP contribution in [0, 0.1) is 0 Å². The van der Waals surface area contributed by atoms with Crippen LogP contribution in [0.4, 0.5) is 0 Å². The molecule has 2 heteroatoms. The first kappa shape index (κ1) is 11.6. The van der Waals surface area contributed by atoms with Gasteiger partial charge in [-0.2, -0.15) is 0 Å². The third-order valence-electron chi connectivity index (χ3n) is 1.97. The van der Waals surface area contributed by atoms with Crippen LogP contribution in [-0.4, -0.2) is 31.3 Å². The topological polar surface area (TPSA) is 20.3 Å². The molecule has 0 aliphatic rings. The zero-order chi connectivity index (χ0) is 9.23. The lowest BCUT2D eigenvalue weighted by molar-refractivity contribution is -0.107. The maximum Gasteiger partial charge on any atom is 0.119 e. The van der Waals surface area contributed by atoms with Crippen molar-refractivity contribution < 1.29 is 4.79 Å². The number of unbranched alkanes of at least 4 members (excludes halogenated alkanes) is 3. The maximum absolute atomic E-state index is 9.99. The summed E-state index contributed by atoms with van der Waals surface area (Å²) < 4.78 is 0. The van der Waals surface area contributed by atoms with E-state index in [0.29, 0.717) is 0 Å². The number of hydrogen-bond acceptors (Lipinski definition) is 2. The summed E-state index contributed by atoms with van der Waals surface area (Å²) >= 11 is 0. The number of nitrogens with zero attached hydrogens (tertiary/aromatic N) is 1. The molecule has 0 radical (unpaired) electrons. The summed E-state index contributed by atoms with van der Waals surface area (Å²) in [7, 11) is 2.16. The smallest absolute Gasteiger partial charge is 0.119 e. The van der Waals surface area contributed by atoms with Crippen LogP contribution in [0.2, 0.25) is 0 Å². The molecule has 2 nitrogen and oxygen atoms in total. The summed E-state index contributed by atoms with van der Waals surface area (Å²) in [6, 6.07) is 0. The van der Waals surface area contributed by atoms with Crippen molar-refractivity contribution in [3.8, 4) is 0 Å². The Morgan fingerprint density at radius 3 is 2.50 bits per heavy atom. The highest BCUT2D eigenvalue weighted by Gasteiger charge is 1.95. The minimum Gasteiger partial charge on any atom is -0.306 e. The Kier molecular flexibility index (Phi) is 8.46. The predicted octanol–water partition coefficient (Wildman–Crippen LogP) is 2.09. The van der Waals surface area contributed by atoms with Gasteiger partial charge in [0.15, 0.2) is 0 Å². The van der Waals surface area contributed by atoms with E-state index in [1.165, 1.54) is 32.4 Å². The molecule has 72 valence electrons. The predicted molar refractivity (Wildman–Crippen MR) is 52.3 cm³/mol. The van der Waals surface area contributed by atoms with Gasteiger partial charge in [0.25, 0.3) is 0 Å². The van der Waals surface area contributed by atoms with Crippen molar-refractivity contribution in [3.63, 3.8) is 0 Å². The highest BCUT2D eigenvalue weighted by Crippen LogP contribution is 1.99. The van der Waals surface area contributed by atoms with Crippen molar-refractivity contribution in [2.75, 3.05) is 20.1 Å². The Hall–Kier alpha value is -0.370. The summed E-state index contributed by atoms with van der Waals surface area (Å²) in [6.07, 6.45) is 6.44. The standard InChI is InChI=1S/C10H21NO/c1-3-8-11(2)9-6-4-5-7-10-12/h10H,3-9H2,1-2H3. The normalized spacial score (nSPS) is 10.6. The van der Waals surface area contributed by atoms with Gasteiger partial charge in [0.2, 0.25) is 0 Å². The van der Waals surface area contributed by atoms with Crippen LogP contribution >= 0.6 is 0 Å². The lowest BCUT2D eigenvalue weighted by atomic mass is 10.2. The molecule has 0 rings (SSSR count). The Morgan fingerprint density at radius 2 is 1.92 bits per heavy atom. The Bertz CT molecular complexity index is 104. The summed E-state index contributed by atoms with van der Waals surface area (Å²) in [5.41, 5.74) is 0. The molecule has 0 atom stereocenters. The zero-order valence-electron chi connectivity index (χ0n) is 8.38. The molecule has 0 N–H and O–H groups in total. The number of carbonyl (C=O) groups is 1. The van der Waals surface area contributed by atoms with Gasteiger partial charge in [0, 0.05) is 6.42 Å². The van der Waals surface area contributed by atoms with Gasteiger partial charge in [-0.15, -0.1) is 0 Å². The van der Waals surface area contributed by atoms with Crippen molar-refractivity contribution in [3.05, 3.63) is 0 Å². The molecule has 12 heavy (non-hydrogen) atoms. The van der Waals surface area contributed by atoms with Gasteiger partial charge in [-0.1, -0.05) is 13.3 Å². The lowest BCUT2D eigenvalue weighted by Gasteiger charge is -2.14. The largest absolute Gasteiger partial charge is 0.306 e. The van der Waals surface area contributed by atoms with E-state index in [1.54, 1.807) is 0 Å². The van der Waals surface area contributed by atoms with E-state index in [4.69, 9.17) is 0 Å². The van der Waals surface area contributed by atoms with Crippen LogP contribution in [0.15, 0.2) is 0 Å². The van der Waals surface area contributed by atoms with Gasteiger partial charge in [-0.05, 0) is 39.4 Å². The number of carbonyl (C=O) groups excluding carboxylic acids is 1. The van der Waals surface area contributed by atoms with Crippen LogP contribution in [0.3, 0.4) is 0 Å². The van der Waals surface area contributed by atoms with Gasteiger partial charge in [0.05, 0.1) is 0 Å². The number of rotatable bonds is 8. The Balaban J connectivity index is 3.02. The van der Waals surface area contributed by atoms with E-state index in [2.05, 4.69) is 18.9 Å². The summed E-state index contributed by atoms with van der Waals surface area (Å²) in [4.78, 5) is 12.3. The van der Waals surface area contributed by atoms with Crippen LogP contribution in [0.1, 0.15) is 39.0 Å². The van der Waals surface area contributed by atoms with E-state index in [-0.39, 0.29) is 0 Å². The second-order valence-corrected chi connectivity index (χ2v) is 3.32. The summed E-state index contributed by atoms with van der Waals surface area (Å²) in [6.45, 7) is 4.56. The van der Waals surface area contributed by atoms with Crippen LogP contribution in [0.25, 0.3) is 0 Å². The van der Waals surface area contributed by atoms with Crippen molar-refractivity contribution in [2.45, 2.75) is 39.0 Å². The minimum atomic E-state index is 0.734. The molecule has 0 saturated heterocycles. The average Bonchev–Trinajstić information content (AvgIpc) is 2.05. The molecule has 0 heterocycles. The SMILES string of the molecule is CCCN(C)CCCCCC=O. The monoisotopic (exact) mass is 171 g/mol. The van der Waals surface area contributed by atoms with Gasteiger partial charge in [-0.25, -0.2) is 0 Å². The van der Waals surface area contributed by atoms with Crippen LogP contribution in [0.5, 0.6) is 0 Å². The first-order chi connectivity index (χ1) is 5.81. The molecule has 0 spiro atoms. The van der Waals surface area contributed by atoms with E-state index >= 15 is 0 Å². The van der Waals surface area contributed by atoms with Crippen LogP contribution in [-0.2, 0) is 4.79 Å². The minimum absolute atomic E-state index is 0.734. The maximum atomic E-state index is 9.99. The fourth-order valence-electron chi connectivity index (χ4n) is 1.28. The van der Waals surface area contributed by atoms with Crippen molar-refractivity contribution in [2.24, 2.45) is 0 Å². The molecule has 0 aliphatic heterocycles. The molecular weight excluding hydrogens is 150 g/mol. The molecule has 0 fully saturated rings. The second kappa shape index (κ2) is 8.72. The van der Waals surface area contributed by atoms with E-state index in [1.807, 2.05) is 0 Å². The molecule has 0 bridgehead atoms. The average molecular weight is 171 g/mol. The third kappa shape index (κ3) is 7.73. The number of hydrogen-bond donors (Lipinski definition) is 0. The van der Waals surface area contributed by atoms with Crippen molar-refractivity contribution in [1.29, 1.82) is 0 Å². The quantitative estimate of drug-likeness (QED) is 0.412. The van der Waals surface area contributed by atoms with Gasteiger partial charge >= 0.3 is 0 Å². The first-order valence-electron chi connectivity index (χ1n) is 4.93. The molecule has 0 aromatic rings. The van der Waals surface area contributed by atoms with Crippen molar-refractivity contribution >= 4 is 6.29 Å². The molecule has 0 aromatic heterocycles. The van der Waals surface area contributed by atoms with Gasteiger partial charge in [0.1, 0.15) is 6.29 Å². The molecule has 0 saturated carbocycles. The molecular formula is C10H21NO. The van der Waals surface area contributed by atoms with Crippen molar-refractivity contribution in [1.82, 2.24) is 4.90 Å². The van der Waals surface area contributed by atoms with E-state index < -0.39 is 0 Å². The molecule has 0 aliphatic carbocycles. The third-order valence-corrected chi connectivity index (χ3v) is 1.97. The highest BCUT2D eigenvalue weighted by atomic mass is 16.1. The van der Waals surface area contributed by atoms with Gasteiger partial charge < -0.3 is 9.69 Å². The second-order valence-electron chi connectivity index (χ2n) is 3.32. The molecule has 0 unspecified atom stereocenters. The molecule has 0 aromatic carbocycles. The zero-order valence-corrected chi connectivity index (χ0v) is 8.38. The van der Waals surface area contributed by atoms with Gasteiger partial charge in [-0.3, -0.25) is 0 Å². The number of aldehydes is 1. The fourth-order valence-corrected chi connectivity index (χ4v) is 1.28. The highest BCUT2D eigenvalue weighted by molar-refractivity contribution is 5.48. The Labute approximate surface area is 75.9 Å².